The first-order valence-corrected chi connectivity index (χ1v) is 13.6. The van der Waals surface area contributed by atoms with E-state index >= 15 is 0 Å². The van der Waals surface area contributed by atoms with Crippen molar-refractivity contribution in [1.29, 1.82) is 5.26 Å². The second-order valence-electron chi connectivity index (χ2n) is 10.4. The molecule has 1 fully saturated rings. The Labute approximate surface area is 242 Å². The molecule has 4 aromatic rings. The first-order valence-electron chi connectivity index (χ1n) is 13.6. The molecule has 216 valence electrons. The molecule has 0 aromatic heterocycles. The maximum atomic E-state index is 14.3. The normalized spacial score (nSPS) is 15.9. The van der Waals surface area contributed by atoms with Crippen LogP contribution in [0.1, 0.15) is 24.0 Å². The van der Waals surface area contributed by atoms with Crippen LogP contribution in [0.3, 0.4) is 0 Å². The van der Waals surface area contributed by atoms with E-state index in [0.717, 1.165) is 21.9 Å². The molecule has 42 heavy (non-hydrogen) atoms. The van der Waals surface area contributed by atoms with Gasteiger partial charge in [-0.15, -0.1) is 13.2 Å². The molecule has 0 aliphatic carbocycles. The number of benzene rings is 4. The van der Waals surface area contributed by atoms with Crippen molar-refractivity contribution in [3.05, 3.63) is 102 Å². The van der Waals surface area contributed by atoms with Crippen LogP contribution < -0.4 is 14.4 Å². The Hall–Kier alpha value is -4.71. The molecule has 6 nitrogen and oxygen atoms in total. The highest BCUT2D eigenvalue weighted by atomic mass is 19.4. The van der Waals surface area contributed by atoms with E-state index in [1.807, 2.05) is 71.6 Å². The molecule has 0 saturated carbocycles. The highest BCUT2D eigenvalue weighted by Crippen LogP contribution is 2.47. The molecule has 5 rings (SSSR count). The Bertz CT molecular complexity index is 1620. The Morgan fingerprint density at radius 1 is 0.881 bits per heavy atom. The van der Waals surface area contributed by atoms with Gasteiger partial charge in [0.2, 0.25) is 5.91 Å². The van der Waals surface area contributed by atoms with Crippen molar-refractivity contribution >= 4 is 22.4 Å². The number of anilines is 1. The van der Waals surface area contributed by atoms with Crippen molar-refractivity contribution in [2.45, 2.75) is 19.2 Å². The van der Waals surface area contributed by atoms with Gasteiger partial charge < -0.3 is 19.3 Å². The molecule has 9 heteroatoms. The third kappa shape index (κ3) is 5.70. The van der Waals surface area contributed by atoms with Crippen molar-refractivity contribution in [1.82, 2.24) is 4.90 Å². The largest absolute Gasteiger partial charge is 0.573 e. The van der Waals surface area contributed by atoms with Crippen LogP contribution in [0.2, 0.25) is 0 Å². The summed E-state index contributed by atoms with van der Waals surface area (Å²) in [5.74, 6) is -0.685. The SMILES string of the molecule is COc1ccccc1C(c1cccc2ccccc12)C(C)(C#N)C(=O)N1CCN(c2cccc(OC(F)(F)F)c2)CC1. The Balaban J connectivity index is 1.47. The maximum Gasteiger partial charge on any atom is 0.573 e. The van der Waals surface area contributed by atoms with E-state index in [2.05, 4.69) is 10.8 Å². The van der Waals surface area contributed by atoms with Gasteiger partial charge in [-0.05, 0) is 41.5 Å². The molecule has 0 radical (unpaired) electrons. The van der Waals surface area contributed by atoms with E-state index in [1.165, 1.54) is 18.2 Å². The predicted octanol–water partition coefficient (Wildman–Crippen LogP) is 6.76. The van der Waals surface area contributed by atoms with Crippen LogP contribution in [0.15, 0.2) is 91.0 Å². The number of rotatable bonds is 7. The second kappa shape index (κ2) is 11.6. The van der Waals surface area contributed by atoms with Crippen LogP contribution in [-0.4, -0.2) is 50.5 Å². The Morgan fingerprint density at radius 2 is 1.52 bits per heavy atom. The summed E-state index contributed by atoms with van der Waals surface area (Å²) < 4.78 is 48.0. The maximum absolute atomic E-state index is 14.3. The van der Waals surface area contributed by atoms with Crippen molar-refractivity contribution < 1.29 is 27.4 Å². The number of carbonyl (C=O) groups is 1. The minimum Gasteiger partial charge on any atom is -0.496 e. The lowest BCUT2D eigenvalue weighted by molar-refractivity contribution is -0.274. The number of piperazine rings is 1. The molecule has 2 unspecified atom stereocenters. The molecule has 1 aliphatic heterocycles. The fraction of sp³-hybridized carbons (Fsp3) is 0.273. The number of hydrogen-bond acceptors (Lipinski definition) is 5. The zero-order valence-corrected chi connectivity index (χ0v) is 23.3. The summed E-state index contributed by atoms with van der Waals surface area (Å²) in [4.78, 5) is 17.9. The number of alkyl halides is 3. The number of amides is 1. The summed E-state index contributed by atoms with van der Waals surface area (Å²) >= 11 is 0. The van der Waals surface area contributed by atoms with E-state index in [-0.39, 0.29) is 11.7 Å². The molecule has 4 aromatic carbocycles. The van der Waals surface area contributed by atoms with Gasteiger partial charge in [0.15, 0.2) is 0 Å². The highest BCUT2D eigenvalue weighted by Gasteiger charge is 2.47. The quantitative estimate of drug-likeness (QED) is 0.245. The smallest absolute Gasteiger partial charge is 0.496 e. The third-order valence-electron chi connectivity index (χ3n) is 7.82. The number of carbonyl (C=O) groups excluding carboxylic acids is 1. The first-order chi connectivity index (χ1) is 20.1. The van der Waals surface area contributed by atoms with Gasteiger partial charge in [0, 0.05) is 49.4 Å². The summed E-state index contributed by atoms with van der Waals surface area (Å²) in [6, 6.07) is 29.4. The van der Waals surface area contributed by atoms with Gasteiger partial charge in [0.05, 0.1) is 13.2 Å². The third-order valence-corrected chi connectivity index (χ3v) is 7.82. The average molecular weight is 574 g/mol. The van der Waals surface area contributed by atoms with Crippen LogP contribution in [0.4, 0.5) is 18.9 Å². The van der Waals surface area contributed by atoms with Gasteiger partial charge in [-0.1, -0.05) is 66.7 Å². The monoisotopic (exact) mass is 573 g/mol. The van der Waals surface area contributed by atoms with Crippen LogP contribution in [-0.2, 0) is 4.79 Å². The number of methoxy groups -OCH3 is 1. The summed E-state index contributed by atoms with van der Waals surface area (Å²) in [6.07, 6.45) is -4.78. The molecule has 1 aliphatic rings. The van der Waals surface area contributed by atoms with E-state index < -0.39 is 17.7 Å². The fourth-order valence-electron chi connectivity index (χ4n) is 5.81. The number of halogens is 3. The van der Waals surface area contributed by atoms with Crippen LogP contribution in [0.25, 0.3) is 10.8 Å². The lowest BCUT2D eigenvalue weighted by Gasteiger charge is -2.41. The fourth-order valence-corrected chi connectivity index (χ4v) is 5.81. The number of fused-ring (bicyclic) bond motifs is 1. The van der Waals surface area contributed by atoms with Gasteiger partial charge in [-0.3, -0.25) is 4.79 Å². The Morgan fingerprint density at radius 3 is 2.24 bits per heavy atom. The average Bonchev–Trinajstić information content (AvgIpc) is 3.00. The molecule has 2 atom stereocenters. The standard InChI is InChI=1S/C33H30F3N3O3/c1-32(22-37,31(40)39-19-17-38(18-20-39)24-11-8-12-25(21-24)42-33(34,35)36)30(28-14-5-6-16-29(28)41-2)27-15-7-10-23-9-3-4-13-26(23)27/h3-16,21,30H,17-20H2,1-2H3. The van der Waals surface area contributed by atoms with Gasteiger partial charge in [-0.25, -0.2) is 0 Å². The van der Waals surface area contributed by atoms with Crippen LogP contribution in [0, 0.1) is 16.7 Å². The number of hydrogen-bond donors (Lipinski definition) is 0. The van der Waals surface area contributed by atoms with Crippen molar-refractivity contribution in [3.63, 3.8) is 0 Å². The topological polar surface area (TPSA) is 65.8 Å². The van der Waals surface area contributed by atoms with Crippen molar-refractivity contribution in [3.8, 4) is 17.6 Å². The van der Waals surface area contributed by atoms with E-state index in [0.29, 0.717) is 37.6 Å². The van der Waals surface area contributed by atoms with Gasteiger partial charge in [0.1, 0.15) is 16.9 Å². The summed E-state index contributed by atoms with van der Waals surface area (Å²) in [5, 5.41) is 12.6. The summed E-state index contributed by atoms with van der Waals surface area (Å²) in [6.45, 7) is 3.05. The van der Waals surface area contributed by atoms with E-state index in [1.54, 1.807) is 25.0 Å². The zero-order chi connectivity index (χ0) is 29.9. The lowest BCUT2D eigenvalue weighted by atomic mass is 9.68. The van der Waals surface area contributed by atoms with E-state index in [9.17, 15) is 23.2 Å². The predicted molar refractivity (Wildman–Crippen MR) is 154 cm³/mol. The second-order valence-corrected chi connectivity index (χ2v) is 10.4. The molecule has 1 heterocycles. The molecule has 0 bridgehead atoms. The zero-order valence-electron chi connectivity index (χ0n) is 23.3. The van der Waals surface area contributed by atoms with E-state index in [4.69, 9.17) is 4.74 Å². The molecule has 1 saturated heterocycles. The molecule has 1 amide bonds. The lowest BCUT2D eigenvalue weighted by Crippen LogP contribution is -2.53. The van der Waals surface area contributed by atoms with Crippen molar-refractivity contribution in [2.75, 3.05) is 38.2 Å². The molecular weight excluding hydrogens is 543 g/mol. The van der Waals surface area contributed by atoms with Crippen LogP contribution in [0.5, 0.6) is 11.5 Å². The highest BCUT2D eigenvalue weighted by molar-refractivity contribution is 5.91. The molecule has 0 N–H and O–H groups in total. The summed E-state index contributed by atoms with van der Waals surface area (Å²) in [5.41, 5.74) is 0.639. The number of para-hydroxylation sites is 1. The van der Waals surface area contributed by atoms with Crippen molar-refractivity contribution in [2.24, 2.45) is 5.41 Å². The molecule has 0 spiro atoms. The minimum absolute atomic E-state index is 0.300. The van der Waals surface area contributed by atoms with Gasteiger partial charge >= 0.3 is 6.36 Å². The number of nitriles is 1. The first kappa shape index (κ1) is 28.8. The summed E-state index contributed by atoms with van der Waals surface area (Å²) in [7, 11) is 1.57. The van der Waals surface area contributed by atoms with Gasteiger partial charge in [0.25, 0.3) is 0 Å². The number of nitrogens with zero attached hydrogens (tertiary/aromatic N) is 3. The Kier molecular flexibility index (Phi) is 7.99. The minimum atomic E-state index is -4.78. The van der Waals surface area contributed by atoms with Gasteiger partial charge in [-0.2, -0.15) is 5.26 Å². The van der Waals surface area contributed by atoms with Crippen LogP contribution >= 0.6 is 0 Å². The number of ether oxygens (including phenoxy) is 2. The molecular formula is C33H30F3N3O3.